The number of hydrogen-bond acceptors (Lipinski definition) is 7. The number of carbonyl (C=O) groups excluding carboxylic acids is 1. The Morgan fingerprint density at radius 1 is 0.974 bits per heavy atom. The molecule has 2 aromatic carbocycles. The number of anilines is 1. The van der Waals surface area contributed by atoms with Crippen LogP contribution < -0.4 is 25.1 Å². The lowest BCUT2D eigenvalue weighted by molar-refractivity contribution is -0.111. The zero-order valence-corrected chi connectivity index (χ0v) is 22.4. The molecule has 1 aromatic heterocycles. The van der Waals surface area contributed by atoms with Crippen molar-refractivity contribution >= 4 is 28.6 Å². The predicted molar refractivity (Wildman–Crippen MR) is 149 cm³/mol. The van der Waals surface area contributed by atoms with E-state index in [0.29, 0.717) is 28.8 Å². The fraction of sp³-hybridized carbons (Fsp3) is 0.379. The van der Waals surface area contributed by atoms with E-state index in [2.05, 4.69) is 12.2 Å². The number of aryl methyl sites for hydroxylation is 1. The highest BCUT2D eigenvalue weighted by atomic mass is 16.5. The van der Waals surface area contributed by atoms with Gasteiger partial charge in [0, 0.05) is 24.2 Å². The minimum absolute atomic E-state index is 0.0620. The van der Waals surface area contributed by atoms with Gasteiger partial charge in [-0.2, -0.15) is 0 Å². The molecule has 9 nitrogen and oxygen atoms in total. The number of methoxy groups -OCH3 is 2. The van der Waals surface area contributed by atoms with E-state index in [1.807, 2.05) is 0 Å². The molecule has 1 amide bonds. The van der Waals surface area contributed by atoms with Crippen LogP contribution in [0.15, 0.2) is 41.2 Å². The molecule has 0 saturated carbocycles. The molecule has 0 fully saturated rings. The maximum atomic E-state index is 12.9. The second-order valence-corrected chi connectivity index (χ2v) is 8.99. The second kappa shape index (κ2) is 13.4. The molecule has 0 aliphatic carbocycles. The van der Waals surface area contributed by atoms with Crippen LogP contribution in [-0.2, 0) is 11.8 Å². The summed E-state index contributed by atoms with van der Waals surface area (Å²) >= 11 is 0. The molecule has 0 spiro atoms. The zero-order chi connectivity index (χ0) is 27.7. The Morgan fingerprint density at radius 2 is 1.63 bits per heavy atom. The highest BCUT2D eigenvalue weighted by molar-refractivity contribution is 6.03. The molecule has 1 heterocycles. The van der Waals surface area contributed by atoms with Gasteiger partial charge in [-0.1, -0.05) is 39.0 Å². The van der Waals surface area contributed by atoms with Crippen molar-refractivity contribution in [2.24, 2.45) is 7.05 Å². The minimum atomic E-state index is -0.445. The quantitative estimate of drug-likeness (QED) is 0.203. The van der Waals surface area contributed by atoms with E-state index in [1.165, 1.54) is 44.1 Å². The van der Waals surface area contributed by atoms with E-state index >= 15 is 0 Å². The maximum absolute atomic E-state index is 12.9. The maximum Gasteiger partial charge on any atom is 0.297 e. The van der Waals surface area contributed by atoms with Crippen molar-refractivity contribution in [1.29, 1.82) is 0 Å². The molecule has 0 bridgehead atoms. The third-order valence-electron chi connectivity index (χ3n) is 6.27. The standard InChI is InChI=1S/C29H36N2O7/c1-5-6-7-8-9-10-15-38-28-26(33)21-13-12-20(18-22(21)31(2)29(28)35)30-25(32)14-11-19-16-23(36-3)27(34)24(17-19)37-4/h11-14,16-18,33-34H,5-10,15H2,1-4H3,(H,30,32)/b14-11+. The Kier molecular flexibility index (Phi) is 10.0. The van der Waals surface area contributed by atoms with Crippen molar-refractivity contribution in [1.82, 2.24) is 4.57 Å². The molecule has 3 aromatic rings. The largest absolute Gasteiger partial charge is 0.504 e. The molecule has 0 radical (unpaired) electrons. The van der Waals surface area contributed by atoms with Crippen molar-refractivity contribution in [3.8, 4) is 28.7 Å². The van der Waals surface area contributed by atoms with Crippen molar-refractivity contribution in [3.63, 3.8) is 0 Å². The number of aromatic hydroxyl groups is 2. The Morgan fingerprint density at radius 3 is 2.29 bits per heavy atom. The van der Waals surface area contributed by atoms with Gasteiger partial charge in [-0.15, -0.1) is 0 Å². The van der Waals surface area contributed by atoms with Gasteiger partial charge in [0.05, 0.1) is 26.3 Å². The van der Waals surface area contributed by atoms with Crippen LogP contribution in [-0.4, -0.2) is 41.5 Å². The molecule has 0 aliphatic rings. The lowest BCUT2D eigenvalue weighted by Gasteiger charge is -2.14. The summed E-state index contributed by atoms with van der Waals surface area (Å²) in [5.41, 5.74) is 1.04. The summed E-state index contributed by atoms with van der Waals surface area (Å²) in [6.45, 7) is 2.53. The SMILES string of the molecule is CCCCCCCCOc1c(O)c2ccc(NC(=O)/C=C/c3cc(OC)c(O)c(OC)c3)cc2n(C)c1=O. The molecule has 0 saturated heterocycles. The van der Waals surface area contributed by atoms with E-state index in [9.17, 15) is 19.8 Å². The fourth-order valence-electron chi connectivity index (χ4n) is 4.13. The average molecular weight is 525 g/mol. The number of phenols is 1. The molecule has 3 rings (SSSR count). The third kappa shape index (κ3) is 6.79. The van der Waals surface area contributed by atoms with Crippen LogP contribution in [0.1, 0.15) is 51.0 Å². The Hall–Kier alpha value is -4.14. The van der Waals surface area contributed by atoms with Gasteiger partial charge >= 0.3 is 0 Å². The number of aromatic nitrogens is 1. The molecule has 38 heavy (non-hydrogen) atoms. The number of carbonyl (C=O) groups is 1. The van der Waals surface area contributed by atoms with Crippen LogP contribution in [0.5, 0.6) is 28.7 Å². The summed E-state index contributed by atoms with van der Waals surface area (Å²) in [6.07, 6.45) is 9.42. The molecule has 0 atom stereocenters. The highest BCUT2D eigenvalue weighted by Crippen LogP contribution is 2.37. The second-order valence-electron chi connectivity index (χ2n) is 8.99. The van der Waals surface area contributed by atoms with E-state index in [0.717, 1.165) is 19.3 Å². The number of benzene rings is 2. The van der Waals surface area contributed by atoms with Crippen molar-refractivity contribution < 1.29 is 29.2 Å². The first kappa shape index (κ1) is 28.4. The van der Waals surface area contributed by atoms with Gasteiger partial charge in [-0.3, -0.25) is 9.59 Å². The van der Waals surface area contributed by atoms with Crippen LogP contribution in [0.2, 0.25) is 0 Å². The van der Waals surface area contributed by atoms with Gasteiger partial charge in [0.15, 0.2) is 17.2 Å². The van der Waals surface area contributed by atoms with Crippen LogP contribution >= 0.6 is 0 Å². The number of phenolic OH excluding ortho intramolecular Hbond substituents is 1. The normalized spacial score (nSPS) is 11.2. The van der Waals surface area contributed by atoms with Crippen molar-refractivity contribution in [2.75, 3.05) is 26.1 Å². The summed E-state index contributed by atoms with van der Waals surface area (Å²) in [5.74, 6) is -0.374. The summed E-state index contributed by atoms with van der Waals surface area (Å²) in [7, 11) is 4.44. The number of hydrogen-bond donors (Lipinski definition) is 3. The zero-order valence-electron chi connectivity index (χ0n) is 22.4. The molecule has 9 heteroatoms. The lowest BCUT2D eigenvalue weighted by atomic mass is 10.1. The topological polar surface area (TPSA) is 119 Å². The molecule has 0 aliphatic heterocycles. The Bertz CT molecular complexity index is 1340. The summed E-state index contributed by atoms with van der Waals surface area (Å²) in [6, 6.07) is 8.04. The van der Waals surface area contributed by atoms with Gasteiger partial charge in [0.1, 0.15) is 0 Å². The molecule has 0 unspecified atom stereocenters. The summed E-state index contributed by atoms with van der Waals surface area (Å²) in [4.78, 5) is 25.4. The van der Waals surface area contributed by atoms with E-state index in [-0.39, 0.29) is 28.7 Å². The number of pyridine rings is 1. The molecular weight excluding hydrogens is 488 g/mol. The lowest BCUT2D eigenvalue weighted by Crippen LogP contribution is -2.20. The molecular formula is C29H36N2O7. The first-order valence-corrected chi connectivity index (χ1v) is 12.7. The Labute approximate surface area is 222 Å². The number of ether oxygens (including phenoxy) is 3. The molecule has 204 valence electrons. The number of unbranched alkanes of at least 4 members (excludes halogenated alkanes) is 5. The number of amides is 1. The molecule has 3 N–H and O–H groups in total. The first-order valence-electron chi connectivity index (χ1n) is 12.7. The van der Waals surface area contributed by atoms with Gasteiger partial charge < -0.3 is 34.3 Å². The smallest absolute Gasteiger partial charge is 0.297 e. The van der Waals surface area contributed by atoms with Crippen LogP contribution in [0.3, 0.4) is 0 Å². The van der Waals surface area contributed by atoms with E-state index in [4.69, 9.17) is 14.2 Å². The minimum Gasteiger partial charge on any atom is -0.504 e. The Balaban J connectivity index is 1.72. The predicted octanol–water partition coefficient (Wildman–Crippen LogP) is 5.36. The number of nitrogens with zero attached hydrogens (tertiary/aromatic N) is 1. The third-order valence-corrected chi connectivity index (χ3v) is 6.27. The van der Waals surface area contributed by atoms with Crippen molar-refractivity contribution in [3.05, 3.63) is 52.3 Å². The average Bonchev–Trinajstić information content (AvgIpc) is 2.92. The number of rotatable bonds is 13. The van der Waals surface area contributed by atoms with E-state index < -0.39 is 11.5 Å². The fourth-order valence-corrected chi connectivity index (χ4v) is 4.13. The van der Waals surface area contributed by atoms with Gasteiger partial charge in [-0.05, 0) is 48.4 Å². The number of nitrogens with one attached hydrogen (secondary N) is 1. The van der Waals surface area contributed by atoms with Crippen LogP contribution in [0, 0.1) is 0 Å². The number of fused-ring (bicyclic) bond motifs is 1. The van der Waals surface area contributed by atoms with Gasteiger partial charge in [0.25, 0.3) is 5.56 Å². The van der Waals surface area contributed by atoms with Gasteiger partial charge in [0.2, 0.25) is 17.4 Å². The monoisotopic (exact) mass is 524 g/mol. The first-order chi connectivity index (χ1) is 18.3. The van der Waals surface area contributed by atoms with Crippen LogP contribution in [0.25, 0.3) is 17.0 Å². The summed E-state index contributed by atoms with van der Waals surface area (Å²) < 4.78 is 17.3. The van der Waals surface area contributed by atoms with Crippen molar-refractivity contribution in [2.45, 2.75) is 45.4 Å². The highest BCUT2D eigenvalue weighted by Gasteiger charge is 2.17. The van der Waals surface area contributed by atoms with Gasteiger partial charge in [-0.25, -0.2) is 0 Å². The van der Waals surface area contributed by atoms with E-state index in [1.54, 1.807) is 43.5 Å². The summed E-state index contributed by atoms with van der Waals surface area (Å²) in [5, 5.41) is 24.0. The van der Waals surface area contributed by atoms with Crippen LogP contribution in [0.4, 0.5) is 5.69 Å².